The lowest BCUT2D eigenvalue weighted by molar-refractivity contribution is -0.143. The Labute approximate surface area is 119 Å². The van der Waals surface area contributed by atoms with Crippen molar-refractivity contribution in [2.45, 2.75) is 26.3 Å². The lowest BCUT2D eigenvalue weighted by Crippen LogP contribution is -2.39. The first kappa shape index (κ1) is 16.2. The minimum atomic E-state index is -0.563. The highest BCUT2D eigenvalue weighted by molar-refractivity contribution is 6.01. The quantitative estimate of drug-likeness (QED) is 0.581. The number of hydrogen-bond donors (Lipinski definition) is 1. The monoisotopic (exact) mass is 279 g/mol. The molecule has 0 aliphatic carbocycles. The fourth-order valence-electron chi connectivity index (χ4n) is 1.85. The molecule has 0 aliphatic rings. The Balaban J connectivity index is 2.78. The van der Waals surface area contributed by atoms with Crippen molar-refractivity contribution in [3.63, 3.8) is 0 Å². The van der Waals surface area contributed by atoms with Gasteiger partial charge in [-0.25, -0.2) is 0 Å². The molecular weight excluding hydrogens is 258 g/mol. The number of ketones is 1. The van der Waals surface area contributed by atoms with Crippen LogP contribution in [0.15, 0.2) is 24.3 Å². The highest BCUT2D eigenvalue weighted by Crippen LogP contribution is 2.14. The first-order valence-corrected chi connectivity index (χ1v) is 6.69. The van der Waals surface area contributed by atoms with Gasteiger partial charge in [-0.05, 0) is 37.7 Å². The summed E-state index contributed by atoms with van der Waals surface area (Å²) in [6.07, 6.45) is 0.0343. The van der Waals surface area contributed by atoms with Gasteiger partial charge in [0.2, 0.25) is 0 Å². The Morgan fingerprint density at radius 2 is 1.85 bits per heavy atom. The number of esters is 1. The molecule has 0 radical (unpaired) electrons. The third-order valence-corrected chi connectivity index (χ3v) is 2.82. The lowest BCUT2D eigenvalue weighted by Gasteiger charge is -2.16. The van der Waals surface area contributed by atoms with Crippen molar-refractivity contribution in [3.8, 4) is 5.75 Å². The minimum absolute atomic E-state index is 0.0343. The molecule has 5 heteroatoms. The highest BCUT2D eigenvalue weighted by Gasteiger charge is 2.22. The van der Waals surface area contributed by atoms with Crippen LogP contribution in [0.2, 0.25) is 0 Å². The molecule has 0 aliphatic heterocycles. The average molecular weight is 279 g/mol. The minimum Gasteiger partial charge on any atom is -0.497 e. The summed E-state index contributed by atoms with van der Waals surface area (Å²) in [6, 6.07) is 6.27. The van der Waals surface area contributed by atoms with Crippen molar-refractivity contribution in [2.24, 2.45) is 0 Å². The molecule has 0 bridgehead atoms. The third-order valence-electron chi connectivity index (χ3n) is 2.82. The molecule has 1 aromatic rings. The van der Waals surface area contributed by atoms with Gasteiger partial charge >= 0.3 is 5.97 Å². The Morgan fingerprint density at radius 1 is 1.20 bits per heavy atom. The van der Waals surface area contributed by atoms with Gasteiger partial charge in [0.25, 0.3) is 0 Å². The third kappa shape index (κ3) is 4.66. The van der Waals surface area contributed by atoms with E-state index in [-0.39, 0.29) is 18.2 Å². The second kappa shape index (κ2) is 8.32. The number of carbonyl (C=O) groups excluding carboxylic acids is 2. The molecule has 0 amide bonds. The molecule has 20 heavy (non-hydrogen) atoms. The van der Waals surface area contributed by atoms with Gasteiger partial charge in [-0.15, -0.1) is 0 Å². The van der Waals surface area contributed by atoms with Crippen molar-refractivity contribution in [1.29, 1.82) is 0 Å². The zero-order valence-corrected chi connectivity index (χ0v) is 12.1. The van der Waals surface area contributed by atoms with E-state index in [4.69, 9.17) is 9.47 Å². The van der Waals surface area contributed by atoms with Gasteiger partial charge in [0.1, 0.15) is 5.75 Å². The molecule has 5 nitrogen and oxygen atoms in total. The molecule has 0 heterocycles. The average Bonchev–Trinajstić information content (AvgIpc) is 2.46. The molecule has 1 atom stereocenters. The fraction of sp³-hybridized carbons (Fsp3) is 0.467. The van der Waals surface area contributed by atoms with Crippen LogP contribution < -0.4 is 10.1 Å². The Kier molecular flexibility index (Phi) is 6.73. The fourth-order valence-corrected chi connectivity index (χ4v) is 1.85. The van der Waals surface area contributed by atoms with Crippen LogP contribution in [0.25, 0.3) is 0 Å². The Morgan fingerprint density at radius 3 is 2.35 bits per heavy atom. The molecule has 1 aromatic carbocycles. The summed E-state index contributed by atoms with van der Waals surface area (Å²) in [6.45, 7) is 4.55. The summed E-state index contributed by atoms with van der Waals surface area (Å²) in [4.78, 5) is 23.9. The van der Waals surface area contributed by atoms with Gasteiger partial charge in [0, 0.05) is 5.56 Å². The number of likely N-dealkylation sites (N-methyl/N-ethyl adjacent to an activating group) is 1. The Bertz CT molecular complexity index is 442. The van der Waals surface area contributed by atoms with E-state index < -0.39 is 6.04 Å². The first-order chi connectivity index (χ1) is 9.62. The van der Waals surface area contributed by atoms with Crippen LogP contribution >= 0.6 is 0 Å². The van der Waals surface area contributed by atoms with E-state index in [1.807, 2.05) is 6.92 Å². The van der Waals surface area contributed by atoms with E-state index in [0.717, 1.165) is 0 Å². The molecule has 1 unspecified atom stereocenters. The molecule has 1 rings (SSSR count). The Hall–Kier alpha value is -1.88. The van der Waals surface area contributed by atoms with Gasteiger partial charge in [-0.2, -0.15) is 0 Å². The number of rotatable bonds is 8. The molecule has 0 aromatic heterocycles. The van der Waals surface area contributed by atoms with Crippen LogP contribution in [0, 0.1) is 0 Å². The summed E-state index contributed by atoms with van der Waals surface area (Å²) in [5.41, 5.74) is 0.543. The van der Waals surface area contributed by atoms with Crippen molar-refractivity contribution < 1.29 is 19.1 Å². The number of nitrogens with one attached hydrogen (secondary N) is 1. The van der Waals surface area contributed by atoms with E-state index >= 15 is 0 Å². The van der Waals surface area contributed by atoms with E-state index in [1.54, 1.807) is 38.3 Å². The van der Waals surface area contributed by atoms with Gasteiger partial charge in [0.05, 0.1) is 26.2 Å². The maximum atomic E-state index is 12.4. The van der Waals surface area contributed by atoms with Crippen molar-refractivity contribution in [1.82, 2.24) is 5.32 Å². The van der Waals surface area contributed by atoms with Crippen LogP contribution in [0.5, 0.6) is 5.75 Å². The highest BCUT2D eigenvalue weighted by atomic mass is 16.5. The molecule has 1 N–H and O–H groups in total. The largest absolute Gasteiger partial charge is 0.497 e. The number of hydrogen-bond acceptors (Lipinski definition) is 5. The van der Waals surface area contributed by atoms with Crippen LogP contribution in [0.1, 0.15) is 30.6 Å². The predicted molar refractivity (Wildman–Crippen MR) is 76.0 cm³/mol. The van der Waals surface area contributed by atoms with Crippen LogP contribution in [-0.2, 0) is 9.53 Å². The van der Waals surface area contributed by atoms with Crippen LogP contribution in [-0.4, -0.2) is 38.1 Å². The van der Waals surface area contributed by atoms with Gasteiger partial charge in [-0.1, -0.05) is 6.92 Å². The topological polar surface area (TPSA) is 64.6 Å². The number of ether oxygens (including phenoxy) is 2. The molecule has 0 saturated heterocycles. The van der Waals surface area contributed by atoms with Crippen molar-refractivity contribution >= 4 is 11.8 Å². The van der Waals surface area contributed by atoms with Gasteiger partial charge in [-0.3, -0.25) is 9.59 Å². The van der Waals surface area contributed by atoms with Gasteiger partial charge < -0.3 is 14.8 Å². The normalized spacial score (nSPS) is 11.8. The molecular formula is C15H21NO4. The second-order valence-corrected chi connectivity index (χ2v) is 4.21. The van der Waals surface area contributed by atoms with Crippen molar-refractivity contribution in [3.05, 3.63) is 29.8 Å². The second-order valence-electron chi connectivity index (χ2n) is 4.21. The lowest BCUT2D eigenvalue weighted by atomic mass is 10.0. The molecule has 0 saturated carbocycles. The van der Waals surface area contributed by atoms with Crippen molar-refractivity contribution in [2.75, 3.05) is 20.3 Å². The summed E-state index contributed by atoms with van der Waals surface area (Å²) < 4.78 is 9.94. The first-order valence-electron chi connectivity index (χ1n) is 6.69. The summed E-state index contributed by atoms with van der Waals surface area (Å²) in [5.74, 6) is 0.190. The molecule has 0 spiro atoms. The van der Waals surface area contributed by atoms with E-state index in [9.17, 15) is 9.59 Å². The maximum Gasteiger partial charge on any atom is 0.307 e. The summed E-state index contributed by atoms with van der Waals surface area (Å²) in [7, 11) is 1.57. The SMILES string of the molecule is CCNC(CC(=O)OCC)C(=O)c1ccc(OC)cc1. The maximum absolute atomic E-state index is 12.4. The number of Topliss-reactive ketones (excluding diaryl/α,β-unsaturated/α-hetero) is 1. The van der Waals surface area contributed by atoms with Gasteiger partial charge in [0.15, 0.2) is 5.78 Å². The summed E-state index contributed by atoms with van der Waals surface area (Å²) in [5, 5.41) is 3.02. The van der Waals surface area contributed by atoms with E-state index in [0.29, 0.717) is 24.5 Å². The molecule has 0 fully saturated rings. The standard InChI is InChI=1S/C15H21NO4/c1-4-16-13(10-14(17)20-5-2)15(18)11-6-8-12(19-3)9-7-11/h6-9,13,16H,4-5,10H2,1-3H3. The zero-order chi connectivity index (χ0) is 15.0. The van der Waals surface area contributed by atoms with E-state index in [1.165, 1.54) is 0 Å². The van der Waals surface area contributed by atoms with Crippen LogP contribution in [0.3, 0.4) is 0 Å². The predicted octanol–water partition coefficient (Wildman–Crippen LogP) is 1.81. The van der Waals surface area contributed by atoms with Crippen LogP contribution in [0.4, 0.5) is 0 Å². The zero-order valence-electron chi connectivity index (χ0n) is 12.1. The number of carbonyl (C=O) groups is 2. The number of benzene rings is 1. The number of methoxy groups -OCH3 is 1. The van der Waals surface area contributed by atoms with E-state index in [2.05, 4.69) is 5.32 Å². The summed E-state index contributed by atoms with van der Waals surface area (Å²) >= 11 is 0. The molecule has 110 valence electrons. The smallest absolute Gasteiger partial charge is 0.307 e.